The summed E-state index contributed by atoms with van der Waals surface area (Å²) in [6, 6.07) is 10.9. The highest BCUT2D eigenvalue weighted by Crippen LogP contribution is 2.36. The lowest BCUT2D eigenvalue weighted by molar-refractivity contribution is -0.164. The molecule has 0 spiro atoms. The van der Waals surface area contributed by atoms with Crippen LogP contribution in [-0.2, 0) is 25.7 Å². The van der Waals surface area contributed by atoms with E-state index < -0.39 is 17.1 Å². The van der Waals surface area contributed by atoms with Crippen LogP contribution in [0, 0.1) is 0 Å². The standard InChI is InChI=1S/C27H33N5O5/c1-36-24(35)26(13-7-3-8-14-26)30-23(34)27(15-9-4-10-16-27)37-18-20-17-21(33)32-25(28-20)29-22(31-32)19-11-5-2-6-12-19/h2,5-6,11-12,17H,3-4,7-10,13-16,18H2,1H3,(H,30,34)(H,28,29,31). The van der Waals surface area contributed by atoms with E-state index in [4.69, 9.17) is 9.47 Å². The van der Waals surface area contributed by atoms with Gasteiger partial charge in [-0.15, -0.1) is 0 Å². The molecule has 10 nitrogen and oxygen atoms in total. The Hall–Kier alpha value is -3.53. The van der Waals surface area contributed by atoms with Crippen LogP contribution >= 0.6 is 0 Å². The van der Waals surface area contributed by atoms with Gasteiger partial charge in [-0.25, -0.2) is 9.78 Å². The van der Waals surface area contributed by atoms with Crippen molar-refractivity contribution >= 4 is 17.7 Å². The highest BCUT2D eigenvalue weighted by Gasteiger charge is 2.48. The summed E-state index contributed by atoms with van der Waals surface area (Å²) >= 11 is 0. The molecule has 2 fully saturated rings. The molecule has 2 aliphatic carbocycles. The second-order valence-electron chi connectivity index (χ2n) is 10.1. The van der Waals surface area contributed by atoms with Crippen molar-refractivity contribution in [2.24, 2.45) is 0 Å². The summed E-state index contributed by atoms with van der Waals surface area (Å²) in [6.07, 6.45) is 7.62. The maximum Gasteiger partial charge on any atom is 0.331 e. The second kappa shape index (κ2) is 10.5. The number of H-pyrrole nitrogens is 1. The van der Waals surface area contributed by atoms with E-state index >= 15 is 0 Å². The van der Waals surface area contributed by atoms with Crippen molar-refractivity contribution in [1.29, 1.82) is 0 Å². The van der Waals surface area contributed by atoms with Gasteiger partial charge in [0.1, 0.15) is 11.1 Å². The van der Waals surface area contributed by atoms with Crippen LogP contribution in [0.1, 0.15) is 69.9 Å². The smallest absolute Gasteiger partial charge is 0.331 e. The third-order valence-corrected chi connectivity index (χ3v) is 7.64. The molecule has 0 bridgehead atoms. The third kappa shape index (κ3) is 5.02. The quantitative estimate of drug-likeness (QED) is 0.470. The van der Waals surface area contributed by atoms with Gasteiger partial charge in [0.15, 0.2) is 5.82 Å². The number of nitrogens with zero attached hydrogens (tertiary/aromatic N) is 3. The highest BCUT2D eigenvalue weighted by molar-refractivity contribution is 5.92. The lowest BCUT2D eigenvalue weighted by Crippen LogP contribution is -2.62. The normalized spacial score (nSPS) is 18.8. The van der Waals surface area contributed by atoms with E-state index in [0.717, 1.165) is 44.1 Å². The zero-order chi connectivity index (χ0) is 25.9. The van der Waals surface area contributed by atoms with Crippen molar-refractivity contribution in [2.75, 3.05) is 7.11 Å². The summed E-state index contributed by atoms with van der Waals surface area (Å²) in [6.45, 7) is -0.0160. The molecule has 3 aromatic rings. The van der Waals surface area contributed by atoms with Crippen LogP contribution in [0.15, 0.2) is 41.2 Å². The van der Waals surface area contributed by atoms with Crippen LogP contribution in [0.5, 0.6) is 0 Å². The zero-order valence-electron chi connectivity index (χ0n) is 21.1. The molecule has 2 saturated carbocycles. The molecule has 2 aliphatic rings. The number of aromatic amines is 1. The average molecular weight is 508 g/mol. The molecule has 2 N–H and O–H groups in total. The first-order valence-electron chi connectivity index (χ1n) is 13.0. The number of hydrogen-bond donors (Lipinski definition) is 2. The molecule has 2 aromatic heterocycles. The third-order valence-electron chi connectivity index (χ3n) is 7.64. The zero-order valence-corrected chi connectivity index (χ0v) is 21.1. The van der Waals surface area contributed by atoms with E-state index in [1.807, 2.05) is 30.3 Å². The molecule has 1 aromatic carbocycles. The molecule has 2 heterocycles. The summed E-state index contributed by atoms with van der Waals surface area (Å²) < 4.78 is 12.7. The van der Waals surface area contributed by atoms with E-state index in [1.165, 1.54) is 17.7 Å². The Kier molecular flexibility index (Phi) is 7.10. The summed E-state index contributed by atoms with van der Waals surface area (Å²) in [4.78, 5) is 48.2. The van der Waals surface area contributed by atoms with Crippen LogP contribution in [-0.4, -0.2) is 49.7 Å². The van der Waals surface area contributed by atoms with Crippen molar-refractivity contribution in [3.63, 3.8) is 0 Å². The molecule has 0 radical (unpaired) electrons. The number of nitrogens with one attached hydrogen (secondary N) is 2. The van der Waals surface area contributed by atoms with Crippen molar-refractivity contribution in [1.82, 2.24) is 24.9 Å². The lowest BCUT2D eigenvalue weighted by atomic mass is 9.79. The minimum Gasteiger partial charge on any atom is -0.467 e. The fourth-order valence-electron chi connectivity index (χ4n) is 5.56. The molecular formula is C27H33N5O5. The Bertz CT molecular complexity index is 1320. The van der Waals surface area contributed by atoms with Crippen LogP contribution in [0.2, 0.25) is 0 Å². The summed E-state index contributed by atoms with van der Waals surface area (Å²) in [5.41, 5.74) is -1.19. The number of rotatable bonds is 7. The molecule has 0 unspecified atom stereocenters. The average Bonchev–Trinajstić information content (AvgIpc) is 3.38. The largest absolute Gasteiger partial charge is 0.467 e. The number of ether oxygens (including phenoxy) is 2. The van der Waals surface area contributed by atoms with Gasteiger partial charge in [-0.05, 0) is 25.7 Å². The van der Waals surface area contributed by atoms with Gasteiger partial charge in [0.2, 0.25) is 0 Å². The minimum atomic E-state index is -1.09. The fraction of sp³-hybridized carbons (Fsp3) is 0.519. The SMILES string of the molecule is COC(=O)C1(NC(=O)C2(OCc3cc(=O)n4[nH]c(-c5ccccc5)nc4n3)CCCCC2)CCCCC1. The van der Waals surface area contributed by atoms with E-state index in [2.05, 4.69) is 20.4 Å². The Labute approximate surface area is 214 Å². The number of esters is 1. The van der Waals surface area contributed by atoms with Crippen LogP contribution in [0.4, 0.5) is 0 Å². The van der Waals surface area contributed by atoms with Crippen molar-refractivity contribution < 1.29 is 19.1 Å². The van der Waals surface area contributed by atoms with E-state index in [-0.39, 0.29) is 23.9 Å². The molecular weight excluding hydrogens is 474 g/mol. The van der Waals surface area contributed by atoms with Gasteiger partial charge in [0.25, 0.3) is 17.2 Å². The number of carbonyl (C=O) groups is 2. The molecule has 0 atom stereocenters. The first kappa shape index (κ1) is 25.1. The van der Waals surface area contributed by atoms with Crippen LogP contribution in [0.3, 0.4) is 0 Å². The number of hydrogen-bond acceptors (Lipinski definition) is 7. The summed E-state index contributed by atoms with van der Waals surface area (Å²) in [5, 5.41) is 6.04. The highest BCUT2D eigenvalue weighted by atomic mass is 16.5. The number of aromatic nitrogens is 4. The number of methoxy groups -OCH3 is 1. The molecule has 5 rings (SSSR count). The number of benzene rings is 1. The van der Waals surface area contributed by atoms with E-state index in [0.29, 0.717) is 37.2 Å². The second-order valence-corrected chi connectivity index (χ2v) is 10.1. The predicted molar refractivity (Wildman–Crippen MR) is 136 cm³/mol. The Morgan fingerprint density at radius 3 is 2.35 bits per heavy atom. The van der Waals surface area contributed by atoms with Crippen LogP contribution in [0.25, 0.3) is 17.2 Å². The molecule has 10 heteroatoms. The van der Waals surface area contributed by atoms with E-state index in [1.54, 1.807) is 0 Å². The van der Waals surface area contributed by atoms with Gasteiger partial charge < -0.3 is 14.8 Å². The Morgan fingerprint density at radius 1 is 1.00 bits per heavy atom. The first-order valence-corrected chi connectivity index (χ1v) is 13.0. The molecule has 37 heavy (non-hydrogen) atoms. The Morgan fingerprint density at radius 2 is 1.68 bits per heavy atom. The molecule has 1 amide bonds. The number of amides is 1. The van der Waals surface area contributed by atoms with Gasteiger partial charge in [-0.1, -0.05) is 68.9 Å². The van der Waals surface area contributed by atoms with Gasteiger partial charge in [0, 0.05) is 11.6 Å². The monoisotopic (exact) mass is 507 g/mol. The van der Waals surface area contributed by atoms with Gasteiger partial charge >= 0.3 is 5.97 Å². The van der Waals surface area contributed by atoms with E-state index in [9.17, 15) is 14.4 Å². The number of fused-ring (bicyclic) bond motifs is 1. The lowest BCUT2D eigenvalue weighted by Gasteiger charge is -2.41. The van der Waals surface area contributed by atoms with Gasteiger partial charge in [-0.3, -0.25) is 14.7 Å². The van der Waals surface area contributed by atoms with Gasteiger partial charge in [0.05, 0.1) is 19.4 Å². The molecule has 0 aliphatic heterocycles. The Balaban J connectivity index is 1.38. The van der Waals surface area contributed by atoms with Crippen molar-refractivity contribution in [3.05, 3.63) is 52.4 Å². The maximum absolute atomic E-state index is 13.7. The summed E-state index contributed by atoms with van der Waals surface area (Å²) in [7, 11) is 1.36. The first-order chi connectivity index (χ1) is 17.9. The molecule has 196 valence electrons. The topological polar surface area (TPSA) is 128 Å². The van der Waals surface area contributed by atoms with Crippen LogP contribution < -0.4 is 10.9 Å². The predicted octanol–water partition coefficient (Wildman–Crippen LogP) is 3.30. The maximum atomic E-state index is 13.7. The molecule has 0 saturated heterocycles. The van der Waals surface area contributed by atoms with Gasteiger partial charge in [-0.2, -0.15) is 9.50 Å². The fourth-order valence-corrected chi connectivity index (χ4v) is 5.56. The number of carbonyl (C=O) groups excluding carboxylic acids is 2. The minimum absolute atomic E-state index is 0.0160. The summed E-state index contributed by atoms with van der Waals surface area (Å²) in [5.74, 6) is 0.0776. The van der Waals surface area contributed by atoms with Crippen molar-refractivity contribution in [3.8, 4) is 11.4 Å². The van der Waals surface area contributed by atoms with Crippen molar-refractivity contribution in [2.45, 2.75) is 82.0 Å².